The van der Waals surface area contributed by atoms with Gasteiger partial charge in [-0.1, -0.05) is 38.2 Å². The molecule has 0 aliphatic heterocycles. The molecule has 1 aliphatic rings. The van der Waals surface area contributed by atoms with E-state index >= 15 is 0 Å². The molecule has 0 nitrogen and oxygen atoms in total. The predicted octanol–water partition coefficient (Wildman–Crippen LogP) is 3.72. The minimum absolute atomic E-state index is 0.543. The molecule has 1 unspecified atom stereocenters. The average molecular weight is 162 g/mol. The van der Waals surface area contributed by atoms with E-state index in [9.17, 15) is 0 Å². The fourth-order valence-electron chi connectivity index (χ4n) is 1.67. The summed E-state index contributed by atoms with van der Waals surface area (Å²) >= 11 is 0. The molecular weight excluding hydrogens is 144 g/mol. The van der Waals surface area contributed by atoms with Crippen LogP contribution in [0.3, 0.4) is 0 Å². The summed E-state index contributed by atoms with van der Waals surface area (Å²) in [6, 6.07) is 0. The summed E-state index contributed by atoms with van der Waals surface area (Å²) in [7, 11) is 0. The molecule has 0 saturated heterocycles. The van der Waals surface area contributed by atoms with E-state index in [0.29, 0.717) is 11.8 Å². The normalized spacial score (nSPS) is 19.1. The first-order chi connectivity index (χ1) is 5.75. The molecule has 1 aliphatic carbocycles. The molecule has 0 amide bonds. The van der Waals surface area contributed by atoms with Crippen LogP contribution in [0.2, 0.25) is 0 Å². The Morgan fingerprint density at radius 3 is 2.58 bits per heavy atom. The Morgan fingerprint density at radius 1 is 1.42 bits per heavy atom. The number of hydrogen-bond acceptors (Lipinski definition) is 0. The molecule has 0 saturated carbocycles. The Hall–Kier alpha value is -0.780. The zero-order valence-electron chi connectivity index (χ0n) is 8.09. The van der Waals surface area contributed by atoms with Gasteiger partial charge in [-0.05, 0) is 24.3 Å². The van der Waals surface area contributed by atoms with Gasteiger partial charge in [-0.2, -0.15) is 0 Å². The van der Waals surface area contributed by atoms with Crippen LogP contribution in [-0.2, 0) is 0 Å². The van der Waals surface area contributed by atoms with Gasteiger partial charge < -0.3 is 0 Å². The van der Waals surface area contributed by atoms with Gasteiger partial charge in [0.1, 0.15) is 0 Å². The summed E-state index contributed by atoms with van der Waals surface area (Å²) in [6.07, 6.45) is 11.3. The Bertz CT molecular complexity index is 206. The van der Waals surface area contributed by atoms with Crippen LogP contribution in [0.4, 0.5) is 0 Å². The Kier molecular flexibility index (Phi) is 3.33. The summed E-state index contributed by atoms with van der Waals surface area (Å²) in [5, 5.41) is 0. The Balaban J connectivity index is 2.71. The molecule has 1 atom stereocenters. The third kappa shape index (κ3) is 2.10. The zero-order valence-corrected chi connectivity index (χ0v) is 8.09. The lowest BCUT2D eigenvalue weighted by atomic mass is 9.86. The van der Waals surface area contributed by atoms with E-state index in [-0.39, 0.29) is 0 Å². The molecule has 0 bridgehead atoms. The highest BCUT2D eigenvalue weighted by molar-refractivity contribution is 5.28. The first-order valence-electron chi connectivity index (χ1n) is 4.75. The third-order valence-corrected chi connectivity index (χ3v) is 2.38. The predicted molar refractivity (Wildman–Crippen MR) is 55.0 cm³/mol. The van der Waals surface area contributed by atoms with Crippen molar-refractivity contribution < 1.29 is 0 Å². The lowest BCUT2D eigenvalue weighted by molar-refractivity contribution is 0.532. The van der Waals surface area contributed by atoms with Gasteiger partial charge in [0.05, 0.1) is 0 Å². The van der Waals surface area contributed by atoms with E-state index in [4.69, 9.17) is 0 Å². The van der Waals surface area contributed by atoms with Crippen LogP contribution in [-0.4, -0.2) is 0 Å². The van der Waals surface area contributed by atoms with E-state index in [1.807, 2.05) is 0 Å². The highest BCUT2D eigenvalue weighted by Crippen LogP contribution is 2.25. The molecule has 0 fully saturated rings. The van der Waals surface area contributed by atoms with Gasteiger partial charge in [0, 0.05) is 5.92 Å². The second-order valence-corrected chi connectivity index (χ2v) is 3.69. The maximum absolute atomic E-state index is 3.88. The molecule has 12 heavy (non-hydrogen) atoms. The van der Waals surface area contributed by atoms with Gasteiger partial charge in [0.25, 0.3) is 0 Å². The van der Waals surface area contributed by atoms with Crippen LogP contribution < -0.4 is 0 Å². The van der Waals surface area contributed by atoms with E-state index in [2.05, 4.69) is 44.7 Å². The number of allylic oxidation sites excluding steroid dienone is 5. The fraction of sp³-hybridized carbons (Fsp3) is 0.500. The van der Waals surface area contributed by atoms with Crippen molar-refractivity contribution >= 4 is 0 Å². The number of hydrogen-bond donors (Lipinski definition) is 0. The van der Waals surface area contributed by atoms with Crippen molar-refractivity contribution in [2.45, 2.75) is 26.7 Å². The van der Waals surface area contributed by atoms with Gasteiger partial charge in [-0.15, -0.1) is 6.58 Å². The van der Waals surface area contributed by atoms with Gasteiger partial charge in [-0.3, -0.25) is 0 Å². The Labute approximate surface area is 75.7 Å². The van der Waals surface area contributed by atoms with E-state index < -0.39 is 0 Å². The molecule has 0 heterocycles. The molecular formula is C12H18. The summed E-state index contributed by atoms with van der Waals surface area (Å²) < 4.78 is 0. The monoisotopic (exact) mass is 162 g/mol. The first kappa shape index (κ1) is 9.31. The molecule has 0 spiro atoms. The molecule has 0 radical (unpaired) electrons. The molecule has 66 valence electrons. The first-order valence-corrected chi connectivity index (χ1v) is 4.75. The van der Waals surface area contributed by atoms with Crippen LogP contribution in [0, 0.1) is 11.8 Å². The van der Waals surface area contributed by atoms with Crippen molar-refractivity contribution in [2.24, 2.45) is 11.8 Å². The lowest BCUT2D eigenvalue weighted by Crippen LogP contribution is -2.08. The van der Waals surface area contributed by atoms with Crippen LogP contribution in [0.25, 0.3) is 0 Å². The van der Waals surface area contributed by atoms with Crippen molar-refractivity contribution in [3.8, 4) is 0 Å². The second kappa shape index (κ2) is 4.30. The molecule has 0 heteroatoms. The van der Waals surface area contributed by atoms with Gasteiger partial charge in [0.2, 0.25) is 0 Å². The van der Waals surface area contributed by atoms with Crippen LogP contribution >= 0.6 is 0 Å². The van der Waals surface area contributed by atoms with Crippen molar-refractivity contribution in [1.29, 1.82) is 0 Å². The third-order valence-electron chi connectivity index (χ3n) is 2.38. The highest BCUT2D eigenvalue weighted by Gasteiger charge is 2.13. The van der Waals surface area contributed by atoms with E-state index in [1.54, 1.807) is 0 Å². The maximum Gasteiger partial charge on any atom is 0.00350 e. The van der Waals surface area contributed by atoms with Crippen LogP contribution in [0.1, 0.15) is 26.7 Å². The SMILES string of the molecule is C=CC(C1=CCCC=C1)C(C)C. The van der Waals surface area contributed by atoms with Crippen molar-refractivity contribution in [2.75, 3.05) is 0 Å². The maximum atomic E-state index is 3.88. The smallest absolute Gasteiger partial charge is 0.00350 e. The summed E-state index contributed by atoms with van der Waals surface area (Å²) in [6.45, 7) is 8.37. The fourth-order valence-corrected chi connectivity index (χ4v) is 1.67. The largest absolute Gasteiger partial charge is 0.102 e. The topological polar surface area (TPSA) is 0 Å². The lowest BCUT2D eigenvalue weighted by Gasteiger charge is -2.19. The van der Waals surface area contributed by atoms with Gasteiger partial charge in [0.15, 0.2) is 0 Å². The Morgan fingerprint density at radius 2 is 2.17 bits per heavy atom. The standard InChI is InChI=1S/C12H18/c1-4-12(10(2)3)11-8-6-5-7-9-11/h4,6,8-10,12H,1,5,7H2,2-3H3. The zero-order chi connectivity index (χ0) is 8.97. The minimum Gasteiger partial charge on any atom is -0.102 e. The van der Waals surface area contributed by atoms with Crippen molar-refractivity contribution in [3.05, 3.63) is 36.5 Å². The summed E-state index contributed by atoms with van der Waals surface area (Å²) in [5.41, 5.74) is 1.45. The number of rotatable bonds is 3. The van der Waals surface area contributed by atoms with Gasteiger partial charge >= 0.3 is 0 Å². The van der Waals surface area contributed by atoms with E-state index in [0.717, 1.165) is 0 Å². The molecule has 1 rings (SSSR count). The average Bonchev–Trinajstić information content (AvgIpc) is 2.07. The van der Waals surface area contributed by atoms with Crippen molar-refractivity contribution in [1.82, 2.24) is 0 Å². The molecule has 0 aromatic rings. The molecule has 0 N–H and O–H groups in total. The van der Waals surface area contributed by atoms with Crippen LogP contribution in [0.5, 0.6) is 0 Å². The summed E-state index contributed by atoms with van der Waals surface area (Å²) in [4.78, 5) is 0. The van der Waals surface area contributed by atoms with E-state index in [1.165, 1.54) is 18.4 Å². The second-order valence-electron chi connectivity index (χ2n) is 3.69. The van der Waals surface area contributed by atoms with Crippen molar-refractivity contribution in [3.63, 3.8) is 0 Å². The molecule has 0 aromatic carbocycles. The van der Waals surface area contributed by atoms with Gasteiger partial charge in [-0.25, -0.2) is 0 Å². The quantitative estimate of drug-likeness (QED) is 0.555. The highest BCUT2D eigenvalue weighted by atomic mass is 14.2. The summed E-state index contributed by atoms with van der Waals surface area (Å²) in [5.74, 6) is 1.21. The molecule has 0 aromatic heterocycles. The minimum atomic E-state index is 0.543. The van der Waals surface area contributed by atoms with Crippen LogP contribution in [0.15, 0.2) is 36.5 Å².